The van der Waals surface area contributed by atoms with E-state index in [-0.39, 0.29) is 105 Å². The molecule has 0 saturated heterocycles. The topological polar surface area (TPSA) is 415 Å². The highest BCUT2D eigenvalue weighted by molar-refractivity contribution is 5.89. The maximum absolute atomic E-state index is 12.2. The molecule has 0 saturated carbocycles. The van der Waals surface area contributed by atoms with Crippen LogP contribution in [0, 0.1) is 0 Å². The molecule has 6 atom stereocenters. The second kappa shape index (κ2) is 38.1. The predicted octanol–water partition coefficient (Wildman–Crippen LogP) is -5.21. The van der Waals surface area contributed by atoms with E-state index in [1.807, 2.05) is 0 Å². The van der Waals surface area contributed by atoms with Crippen LogP contribution in [0.3, 0.4) is 0 Å². The van der Waals surface area contributed by atoms with Gasteiger partial charge >= 0.3 is 12.2 Å². The van der Waals surface area contributed by atoms with Gasteiger partial charge in [0.05, 0.1) is 51.8 Å². The summed E-state index contributed by atoms with van der Waals surface area (Å²) < 4.78 is 31.0. The van der Waals surface area contributed by atoms with Gasteiger partial charge in [-0.2, -0.15) is 0 Å². The van der Waals surface area contributed by atoms with Gasteiger partial charge in [0.2, 0.25) is 47.3 Å². The normalized spacial score (nSPS) is 13.4. The lowest BCUT2D eigenvalue weighted by atomic mass is 10.1. The van der Waals surface area contributed by atoms with E-state index in [9.17, 15) is 58.2 Å². The van der Waals surface area contributed by atoms with Crippen LogP contribution in [0.25, 0.3) is 0 Å². The van der Waals surface area contributed by atoms with Gasteiger partial charge in [0.25, 0.3) is 0 Å². The van der Waals surface area contributed by atoms with Crippen molar-refractivity contribution in [1.82, 2.24) is 42.5 Å². The van der Waals surface area contributed by atoms with E-state index >= 15 is 0 Å². The number of ether oxygens (including phenoxy) is 6. The van der Waals surface area contributed by atoms with Crippen LogP contribution in [0.5, 0.6) is 0 Å². The Morgan fingerprint density at radius 2 is 0.809 bits per heavy atom. The summed E-state index contributed by atoms with van der Waals surface area (Å²) in [5, 5.41) is 39.0. The molecule has 0 fully saturated rings. The minimum Gasteiger partial charge on any atom is -0.446 e. The van der Waals surface area contributed by atoms with E-state index in [1.54, 1.807) is 0 Å². The van der Waals surface area contributed by atoms with Crippen LogP contribution in [0.2, 0.25) is 0 Å². The number of amides is 10. The van der Waals surface area contributed by atoms with Crippen molar-refractivity contribution in [3.8, 4) is 0 Å². The molecule has 0 aromatic rings. The molecule has 0 aliphatic rings. The zero-order chi connectivity index (χ0) is 51.3. The molecule has 28 heteroatoms. The standard InChI is InChI=1S/C40H72N10O18/c1-25(51)33(47-27(3)53)37(59)43-13-15-63-17-19-65-23-31(55)49-29(35(41)57)9-5-7-11-45-39(61)67-21-22-68-40(62)46-12-8-6-10-30(36(42)58)50-32(56)24-66-20-18-64-16-14-44-38(60)34(26(2)52)48-28(4)54/h25-26,29-30,33-34,51-52H,5-24H2,1-4H3,(H2,41,57)(H2,42,58)(H,43,59)(H,44,60)(H,45,61)(H,46,62)(H,47,53)(H,48,54)(H,49,55)(H,50,56). The van der Waals surface area contributed by atoms with Crippen molar-refractivity contribution >= 4 is 59.4 Å². The van der Waals surface area contributed by atoms with Gasteiger partial charge < -0.3 is 92.6 Å². The highest BCUT2D eigenvalue weighted by Gasteiger charge is 2.25. The third kappa shape index (κ3) is 33.5. The van der Waals surface area contributed by atoms with Gasteiger partial charge in [-0.25, -0.2) is 9.59 Å². The molecule has 0 spiro atoms. The van der Waals surface area contributed by atoms with Crippen molar-refractivity contribution in [1.29, 1.82) is 0 Å². The summed E-state index contributed by atoms with van der Waals surface area (Å²) in [5.74, 6) is -4.77. The monoisotopic (exact) mass is 981 g/mol. The first-order chi connectivity index (χ1) is 32.2. The molecule has 10 amide bonds. The van der Waals surface area contributed by atoms with Gasteiger partial charge in [-0.05, 0) is 52.4 Å². The van der Waals surface area contributed by atoms with Crippen LogP contribution in [0.15, 0.2) is 0 Å². The van der Waals surface area contributed by atoms with Crippen LogP contribution in [-0.2, 0) is 66.8 Å². The number of carbonyl (C=O) groups is 10. The van der Waals surface area contributed by atoms with Gasteiger partial charge in [0, 0.05) is 40.0 Å². The molecular weight excluding hydrogens is 908 g/mol. The van der Waals surface area contributed by atoms with Crippen molar-refractivity contribution in [2.45, 2.75) is 103 Å². The number of nitrogens with one attached hydrogen (secondary N) is 8. The third-order valence-corrected chi connectivity index (χ3v) is 8.83. The van der Waals surface area contributed by atoms with Crippen molar-refractivity contribution in [3.05, 3.63) is 0 Å². The SMILES string of the molecule is CC(=O)NC(C(=O)NCCOCCOCC(=O)NC(CCCCNC(=O)OCCOC(=O)NCCCCC(NC(=O)COCCOCCNC(=O)C(NC(C)=O)C(C)O)C(N)=O)C(N)=O)C(C)O. The molecule has 0 bridgehead atoms. The fraction of sp³-hybridized carbons (Fsp3) is 0.750. The number of hydrogen-bond donors (Lipinski definition) is 12. The molecule has 68 heavy (non-hydrogen) atoms. The molecule has 390 valence electrons. The smallest absolute Gasteiger partial charge is 0.407 e. The zero-order valence-electron chi connectivity index (χ0n) is 39.2. The van der Waals surface area contributed by atoms with Gasteiger partial charge in [-0.3, -0.25) is 38.4 Å². The van der Waals surface area contributed by atoms with E-state index in [4.69, 9.17) is 39.9 Å². The molecule has 0 aliphatic heterocycles. The number of unbranched alkanes of at least 4 members (excludes halogenated alkanes) is 2. The van der Waals surface area contributed by atoms with Gasteiger partial charge in [0.15, 0.2) is 0 Å². The Bertz CT molecular complexity index is 1460. The lowest BCUT2D eigenvalue weighted by Gasteiger charge is -2.20. The zero-order valence-corrected chi connectivity index (χ0v) is 39.2. The summed E-state index contributed by atoms with van der Waals surface area (Å²) in [6, 6.07) is -4.16. The highest BCUT2D eigenvalue weighted by atomic mass is 16.6. The second-order valence-corrected chi connectivity index (χ2v) is 14.9. The first-order valence-electron chi connectivity index (χ1n) is 22.0. The maximum Gasteiger partial charge on any atom is 0.407 e. The third-order valence-electron chi connectivity index (χ3n) is 8.83. The largest absolute Gasteiger partial charge is 0.446 e. The first kappa shape index (κ1) is 62.1. The molecule has 28 nitrogen and oxygen atoms in total. The number of nitrogens with two attached hydrogens (primary N) is 2. The van der Waals surface area contributed by atoms with Crippen molar-refractivity contribution < 1.29 is 86.6 Å². The summed E-state index contributed by atoms with van der Waals surface area (Å²) in [6.45, 7) is 4.97. The number of carbonyl (C=O) groups excluding carboxylic acids is 10. The average Bonchev–Trinajstić information content (AvgIpc) is 3.26. The minimum atomic E-state index is -1.10. The number of alkyl carbamates (subject to hydrolysis) is 2. The highest BCUT2D eigenvalue weighted by Crippen LogP contribution is 2.03. The summed E-state index contributed by atoms with van der Waals surface area (Å²) in [5.41, 5.74) is 10.8. The van der Waals surface area contributed by atoms with E-state index in [0.717, 1.165) is 0 Å². The van der Waals surface area contributed by atoms with Crippen LogP contribution in [0.4, 0.5) is 9.59 Å². The molecule has 0 aromatic heterocycles. The molecular formula is C40H72N10O18. The quantitative estimate of drug-likeness (QED) is 0.0256. The number of hydrogen-bond acceptors (Lipinski definition) is 18. The summed E-state index contributed by atoms with van der Waals surface area (Å²) in [6.07, 6.45) is -1.72. The van der Waals surface area contributed by atoms with E-state index in [0.29, 0.717) is 25.7 Å². The molecule has 0 aliphatic carbocycles. The average molecular weight is 981 g/mol. The molecule has 0 heterocycles. The Hall–Kier alpha value is -5.94. The Morgan fingerprint density at radius 1 is 0.456 bits per heavy atom. The first-order valence-corrected chi connectivity index (χ1v) is 22.0. The number of rotatable bonds is 39. The van der Waals surface area contributed by atoms with Gasteiger partial charge in [-0.1, -0.05) is 0 Å². The van der Waals surface area contributed by atoms with Crippen LogP contribution in [0.1, 0.15) is 66.2 Å². The minimum absolute atomic E-state index is 0.0334. The number of primary amides is 2. The molecule has 0 radical (unpaired) electrons. The number of aliphatic hydroxyl groups is 2. The molecule has 0 rings (SSSR count). The fourth-order valence-corrected chi connectivity index (χ4v) is 5.47. The Labute approximate surface area is 394 Å². The van der Waals surface area contributed by atoms with E-state index in [1.165, 1.54) is 27.7 Å². The van der Waals surface area contributed by atoms with Crippen molar-refractivity contribution in [2.75, 3.05) is 92.2 Å². The maximum atomic E-state index is 12.2. The number of aliphatic hydroxyl groups excluding tert-OH is 2. The van der Waals surface area contributed by atoms with Crippen LogP contribution in [-0.4, -0.2) is 198 Å². The van der Waals surface area contributed by atoms with Crippen molar-refractivity contribution in [2.24, 2.45) is 11.5 Å². The lowest BCUT2D eigenvalue weighted by Crippen LogP contribution is -2.52. The van der Waals surface area contributed by atoms with E-state index < -0.39 is 95.8 Å². The van der Waals surface area contributed by atoms with Crippen LogP contribution < -0.4 is 54.0 Å². The van der Waals surface area contributed by atoms with Crippen molar-refractivity contribution in [3.63, 3.8) is 0 Å². The molecule has 14 N–H and O–H groups in total. The Morgan fingerprint density at radius 3 is 1.13 bits per heavy atom. The summed E-state index contributed by atoms with van der Waals surface area (Å²) in [4.78, 5) is 119. The summed E-state index contributed by atoms with van der Waals surface area (Å²) >= 11 is 0. The Balaban J connectivity index is 4.02. The molecule has 0 aromatic carbocycles. The van der Waals surface area contributed by atoms with Crippen LogP contribution >= 0.6 is 0 Å². The van der Waals surface area contributed by atoms with Gasteiger partial charge in [0.1, 0.15) is 50.6 Å². The predicted molar refractivity (Wildman–Crippen MR) is 237 cm³/mol. The van der Waals surface area contributed by atoms with Gasteiger partial charge in [-0.15, -0.1) is 0 Å². The second-order valence-electron chi connectivity index (χ2n) is 14.9. The van der Waals surface area contributed by atoms with E-state index in [2.05, 4.69) is 42.5 Å². The Kier molecular flexibility index (Phi) is 34.7. The lowest BCUT2D eigenvalue weighted by molar-refractivity contribution is -0.131. The fourth-order valence-electron chi connectivity index (χ4n) is 5.47. The summed E-state index contributed by atoms with van der Waals surface area (Å²) in [7, 11) is 0. The molecule has 6 unspecified atom stereocenters.